The molecule has 118 valence electrons. The summed E-state index contributed by atoms with van der Waals surface area (Å²) in [5.41, 5.74) is -0.302. The van der Waals surface area contributed by atoms with E-state index in [2.05, 4.69) is 5.32 Å². The van der Waals surface area contributed by atoms with Gasteiger partial charge in [0.05, 0.1) is 11.5 Å². The zero-order valence-corrected chi connectivity index (χ0v) is 13.8. The third kappa shape index (κ3) is 4.28. The summed E-state index contributed by atoms with van der Waals surface area (Å²) < 4.78 is 28.1. The van der Waals surface area contributed by atoms with E-state index in [4.69, 9.17) is 4.74 Å². The molecule has 0 aliphatic rings. The molecule has 0 bridgehead atoms. The van der Waals surface area contributed by atoms with Gasteiger partial charge in [-0.25, -0.2) is 13.2 Å². The number of carbonyl (C=O) groups excluding carboxylic acids is 1. The molecule has 0 aromatic heterocycles. The second-order valence-electron chi connectivity index (χ2n) is 5.07. The molecule has 0 spiro atoms. The molecule has 1 unspecified atom stereocenters. The monoisotopic (exact) mass is 313 g/mol. The molecule has 5 nitrogen and oxygen atoms in total. The van der Waals surface area contributed by atoms with Gasteiger partial charge in [-0.05, 0) is 44.5 Å². The SMILES string of the molecule is CCCNC(C)(C(=O)OCC)c1ccc(S(C)(=O)=O)cc1. The first kappa shape index (κ1) is 17.7. The van der Waals surface area contributed by atoms with E-state index in [9.17, 15) is 13.2 Å². The van der Waals surface area contributed by atoms with Crippen molar-refractivity contribution in [2.24, 2.45) is 0 Å². The number of benzene rings is 1. The number of rotatable bonds is 7. The molecule has 0 aliphatic carbocycles. The molecule has 1 aromatic rings. The minimum Gasteiger partial charge on any atom is -0.464 e. The average molecular weight is 313 g/mol. The zero-order valence-electron chi connectivity index (χ0n) is 13.0. The molecule has 0 aliphatic heterocycles. The van der Waals surface area contributed by atoms with Crippen molar-refractivity contribution in [3.63, 3.8) is 0 Å². The summed E-state index contributed by atoms with van der Waals surface area (Å²) in [4.78, 5) is 12.5. The summed E-state index contributed by atoms with van der Waals surface area (Å²) in [5.74, 6) is -0.370. The first-order valence-corrected chi connectivity index (χ1v) is 8.87. The van der Waals surface area contributed by atoms with E-state index in [0.29, 0.717) is 18.7 Å². The summed E-state index contributed by atoms with van der Waals surface area (Å²) in [6.45, 7) is 6.46. The lowest BCUT2D eigenvalue weighted by Gasteiger charge is -2.29. The van der Waals surface area contributed by atoms with E-state index in [-0.39, 0.29) is 10.9 Å². The highest BCUT2D eigenvalue weighted by atomic mass is 32.2. The molecule has 0 radical (unpaired) electrons. The average Bonchev–Trinajstić information content (AvgIpc) is 2.44. The van der Waals surface area contributed by atoms with Gasteiger partial charge in [0.1, 0.15) is 5.54 Å². The highest BCUT2D eigenvalue weighted by molar-refractivity contribution is 7.90. The molecule has 0 amide bonds. The standard InChI is InChI=1S/C15H23NO4S/c1-5-11-16-15(3,14(17)20-6-2)12-7-9-13(10-8-12)21(4,18)19/h7-10,16H,5-6,11H2,1-4H3. The topological polar surface area (TPSA) is 72.5 Å². The Morgan fingerprint density at radius 2 is 1.81 bits per heavy atom. The van der Waals surface area contributed by atoms with Gasteiger partial charge in [0.25, 0.3) is 0 Å². The number of nitrogens with one attached hydrogen (secondary N) is 1. The van der Waals surface area contributed by atoms with Crippen molar-refractivity contribution in [3.05, 3.63) is 29.8 Å². The predicted octanol–water partition coefficient (Wildman–Crippen LogP) is 1.87. The van der Waals surface area contributed by atoms with E-state index in [1.807, 2.05) is 6.92 Å². The molecule has 1 atom stereocenters. The van der Waals surface area contributed by atoms with Gasteiger partial charge in [0, 0.05) is 6.26 Å². The lowest BCUT2D eigenvalue weighted by Crippen LogP contribution is -2.48. The van der Waals surface area contributed by atoms with Gasteiger partial charge in [-0.3, -0.25) is 5.32 Å². The van der Waals surface area contributed by atoms with Crippen molar-refractivity contribution in [2.45, 2.75) is 37.6 Å². The number of esters is 1. The number of ether oxygens (including phenoxy) is 1. The van der Waals surface area contributed by atoms with E-state index in [0.717, 1.165) is 12.7 Å². The Kier molecular flexibility index (Phi) is 5.92. The van der Waals surface area contributed by atoms with Crippen LogP contribution in [0.15, 0.2) is 29.2 Å². The quantitative estimate of drug-likeness (QED) is 0.778. The van der Waals surface area contributed by atoms with Gasteiger partial charge in [-0.1, -0.05) is 19.1 Å². The maximum Gasteiger partial charge on any atom is 0.330 e. The van der Waals surface area contributed by atoms with Crippen molar-refractivity contribution >= 4 is 15.8 Å². The molecule has 0 saturated carbocycles. The molecule has 1 N–H and O–H groups in total. The maximum absolute atomic E-state index is 12.3. The Labute approximate surface area is 126 Å². The summed E-state index contributed by atoms with van der Waals surface area (Å²) in [7, 11) is -3.25. The molecule has 1 aromatic carbocycles. The summed E-state index contributed by atoms with van der Waals surface area (Å²) in [6, 6.07) is 6.32. The van der Waals surface area contributed by atoms with E-state index in [1.54, 1.807) is 26.0 Å². The lowest BCUT2D eigenvalue weighted by atomic mass is 9.92. The Morgan fingerprint density at radius 3 is 2.24 bits per heavy atom. The fourth-order valence-corrected chi connectivity index (χ4v) is 2.61. The van der Waals surface area contributed by atoms with E-state index >= 15 is 0 Å². The van der Waals surface area contributed by atoms with Gasteiger partial charge in [-0.15, -0.1) is 0 Å². The van der Waals surface area contributed by atoms with Gasteiger partial charge in [-0.2, -0.15) is 0 Å². The lowest BCUT2D eigenvalue weighted by molar-refractivity contribution is -0.151. The van der Waals surface area contributed by atoms with Crippen LogP contribution in [0, 0.1) is 0 Å². The van der Waals surface area contributed by atoms with E-state index < -0.39 is 15.4 Å². The van der Waals surface area contributed by atoms with Crippen LogP contribution < -0.4 is 5.32 Å². The fourth-order valence-electron chi connectivity index (χ4n) is 1.98. The third-order valence-electron chi connectivity index (χ3n) is 3.27. The van der Waals surface area contributed by atoms with E-state index in [1.165, 1.54) is 12.1 Å². The number of sulfone groups is 1. The molecule has 0 fully saturated rings. The Balaban J connectivity index is 3.17. The summed E-state index contributed by atoms with van der Waals surface area (Å²) in [5, 5.41) is 3.18. The highest BCUT2D eigenvalue weighted by Gasteiger charge is 2.36. The molecule has 6 heteroatoms. The van der Waals surface area contributed by atoms with Crippen LogP contribution in [0.5, 0.6) is 0 Å². The first-order valence-electron chi connectivity index (χ1n) is 6.98. The minimum absolute atomic E-state index is 0.230. The van der Waals surface area contributed by atoms with Gasteiger partial charge < -0.3 is 4.74 Å². The molecule has 21 heavy (non-hydrogen) atoms. The van der Waals surface area contributed by atoms with Crippen LogP contribution >= 0.6 is 0 Å². The zero-order chi connectivity index (χ0) is 16.1. The maximum atomic E-state index is 12.3. The highest BCUT2D eigenvalue weighted by Crippen LogP contribution is 2.24. The van der Waals surface area contributed by atoms with Crippen LogP contribution in [0.1, 0.15) is 32.8 Å². The van der Waals surface area contributed by atoms with Gasteiger partial charge in [0.15, 0.2) is 9.84 Å². The minimum atomic E-state index is -3.25. The Bertz CT molecular complexity index is 580. The van der Waals surface area contributed by atoms with Crippen molar-refractivity contribution in [1.29, 1.82) is 0 Å². The van der Waals surface area contributed by atoms with Crippen molar-refractivity contribution < 1.29 is 17.9 Å². The van der Waals surface area contributed by atoms with Crippen LogP contribution in [-0.2, 0) is 24.9 Å². The molecule has 0 saturated heterocycles. The first-order chi connectivity index (χ1) is 9.75. The smallest absolute Gasteiger partial charge is 0.330 e. The summed E-state index contributed by atoms with van der Waals surface area (Å²) in [6.07, 6.45) is 2.03. The second kappa shape index (κ2) is 7.04. The number of hydrogen-bond acceptors (Lipinski definition) is 5. The van der Waals surface area contributed by atoms with Crippen LogP contribution in [-0.4, -0.2) is 33.8 Å². The molecule has 0 heterocycles. The second-order valence-corrected chi connectivity index (χ2v) is 7.08. The fraction of sp³-hybridized carbons (Fsp3) is 0.533. The van der Waals surface area contributed by atoms with Crippen LogP contribution in [0.4, 0.5) is 0 Å². The van der Waals surface area contributed by atoms with Gasteiger partial charge in [0.2, 0.25) is 0 Å². The van der Waals surface area contributed by atoms with Crippen molar-refractivity contribution in [3.8, 4) is 0 Å². The van der Waals surface area contributed by atoms with Crippen LogP contribution in [0.25, 0.3) is 0 Å². The largest absolute Gasteiger partial charge is 0.464 e. The van der Waals surface area contributed by atoms with Crippen LogP contribution in [0.3, 0.4) is 0 Å². The Hall–Kier alpha value is -1.40. The van der Waals surface area contributed by atoms with Crippen molar-refractivity contribution in [1.82, 2.24) is 5.32 Å². The van der Waals surface area contributed by atoms with Crippen LogP contribution in [0.2, 0.25) is 0 Å². The third-order valence-corrected chi connectivity index (χ3v) is 4.40. The molecule has 1 rings (SSSR count). The van der Waals surface area contributed by atoms with Gasteiger partial charge >= 0.3 is 5.97 Å². The number of hydrogen-bond donors (Lipinski definition) is 1. The predicted molar refractivity (Wildman–Crippen MR) is 81.8 cm³/mol. The Morgan fingerprint density at radius 1 is 1.24 bits per heavy atom. The van der Waals surface area contributed by atoms with Crippen molar-refractivity contribution in [2.75, 3.05) is 19.4 Å². The summed E-state index contributed by atoms with van der Waals surface area (Å²) >= 11 is 0. The normalized spacial score (nSPS) is 14.5. The molecular formula is C15H23NO4S. The number of carbonyl (C=O) groups is 1. The molecular weight excluding hydrogens is 290 g/mol.